The quantitative estimate of drug-likeness (QED) is 0.848. The second-order valence-electron chi connectivity index (χ2n) is 4.53. The third-order valence-corrected chi connectivity index (χ3v) is 2.34. The first-order valence-corrected chi connectivity index (χ1v) is 5.78. The highest BCUT2D eigenvalue weighted by Gasteiger charge is 2.17. The van der Waals surface area contributed by atoms with Crippen LogP contribution in [-0.2, 0) is 9.59 Å². The number of carbonyl (C=O) groups is 2. The predicted octanol–water partition coefficient (Wildman–Crippen LogP) is 1.40. The Bertz CT molecular complexity index is 485. The molecule has 0 atom stereocenters. The van der Waals surface area contributed by atoms with Gasteiger partial charge in [0.15, 0.2) is 18.2 Å². The Hall–Kier alpha value is -2.11. The van der Waals surface area contributed by atoms with Gasteiger partial charge in [-0.15, -0.1) is 0 Å². The topological polar surface area (TPSA) is 80.3 Å². The Kier molecular flexibility index (Phi) is 3.45. The number of ether oxygens (including phenoxy) is 1. The van der Waals surface area contributed by atoms with E-state index >= 15 is 0 Å². The van der Waals surface area contributed by atoms with E-state index < -0.39 is 0 Å². The van der Waals surface area contributed by atoms with Crippen LogP contribution in [0.5, 0.6) is 5.75 Å². The maximum Gasteiger partial charge on any atom is 0.263 e. The van der Waals surface area contributed by atoms with Crippen LogP contribution in [0.3, 0.4) is 0 Å². The van der Waals surface area contributed by atoms with Crippen LogP contribution < -0.4 is 15.4 Å². The van der Waals surface area contributed by atoms with Gasteiger partial charge in [-0.2, -0.15) is 0 Å². The summed E-state index contributed by atoms with van der Waals surface area (Å²) in [5, 5.41) is 5.27. The molecule has 0 aromatic carbocycles. The molecule has 0 unspecified atom stereocenters. The lowest BCUT2D eigenvalue weighted by atomic mass is 10.1. The molecule has 0 aliphatic carbocycles. The van der Waals surface area contributed by atoms with Crippen LogP contribution in [0, 0.1) is 5.92 Å². The third kappa shape index (κ3) is 2.97. The molecule has 2 N–H and O–H groups in total. The summed E-state index contributed by atoms with van der Waals surface area (Å²) in [5.41, 5.74) is 0. The van der Waals surface area contributed by atoms with E-state index in [2.05, 4.69) is 15.6 Å². The summed E-state index contributed by atoms with van der Waals surface area (Å²) in [6.07, 6.45) is 0.432. The lowest BCUT2D eigenvalue weighted by Crippen LogP contribution is -2.26. The highest BCUT2D eigenvalue weighted by Crippen LogP contribution is 2.26. The van der Waals surface area contributed by atoms with Crippen molar-refractivity contribution >= 4 is 23.5 Å². The zero-order valence-electron chi connectivity index (χ0n) is 10.3. The van der Waals surface area contributed by atoms with Crippen LogP contribution in [0.1, 0.15) is 20.3 Å². The normalized spacial score (nSPS) is 13.6. The SMILES string of the molecule is CC(C)CC(=O)Nc1ccc2c(n1)NC(=O)CO2. The van der Waals surface area contributed by atoms with Crippen LogP contribution in [0.4, 0.5) is 11.6 Å². The molecule has 1 aromatic rings. The number of amides is 2. The summed E-state index contributed by atoms with van der Waals surface area (Å²) < 4.78 is 5.17. The number of hydrogen-bond acceptors (Lipinski definition) is 4. The minimum absolute atomic E-state index is 0.00622. The molecule has 0 radical (unpaired) electrons. The van der Waals surface area contributed by atoms with Gasteiger partial charge in [-0.05, 0) is 18.1 Å². The molecule has 0 bridgehead atoms. The number of aromatic nitrogens is 1. The first-order valence-electron chi connectivity index (χ1n) is 5.78. The van der Waals surface area contributed by atoms with Crippen molar-refractivity contribution in [3.63, 3.8) is 0 Å². The fourth-order valence-corrected chi connectivity index (χ4v) is 1.60. The number of carbonyl (C=O) groups excluding carboxylic acids is 2. The number of rotatable bonds is 3. The van der Waals surface area contributed by atoms with Gasteiger partial charge in [-0.25, -0.2) is 4.98 Å². The van der Waals surface area contributed by atoms with Gasteiger partial charge < -0.3 is 15.4 Å². The van der Waals surface area contributed by atoms with E-state index in [1.54, 1.807) is 12.1 Å². The van der Waals surface area contributed by atoms with Crippen molar-refractivity contribution in [1.82, 2.24) is 4.98 Å². The monoisotopic (exact) mass is 249 g/mol. The van der Waals surface area contributed by atoms with Crippen LogP contribution >= 0.6 is 0 Å². The van der Waals surface area contributed by atoms with Crippen LogP contribution in [0.15, 0.2) is 12.1 Å². The minimum atomic E-state index is -0.249. The van der Waals surface area contributed by atoms with E-state index in [9.17, 15) is 9.59 Å². The Morgan fingerprint density at radius 2 is 2.33 bits per heavy atom. The van der Waals surface area contributed by atoms with Crippen molar-refractivity contribution in [2.75, 3.05) is 17.2 Å². The standard InChI is InChI=1S/C12H15N3O3/c1-7(2)5-10(16)13-9-4-3-8-12(14-9)15-11(17)6-18-8/h3-4,7H,5-6H2,1-2H3,(H2,13,14,15,16,17). The van der Waals surface area contributed by atoms with Crippen LogP contribution in [0.25, 0.3) is 0 Å². The van der Waals surface area contributed by atoms with Crippen molar-refractivity contribution in [2.24, 2.45) is 5.92 Å². The largest absolute Gasteiger partial charge is 0.480 e. The average Bonchev–Trinajstić information content (AvgIpc) is 2.27. The van der Waals surface area contributed by atoms with Gasteiger partial charge in [0.2, 0.25) is 5.91 Å². The van der Waals surface area contributed by atoms with Gasteiger partial charge in [0.25, 0.3) is 5.91 Å². The van der Waals surface area contributed by atoms with Gasteiger partial charge >= 0.3 is 0 Å². The zero-order valence-corrected chi connectivity index (χ0v) is 10.3. The summed E-state index contributed by atoms with van der Waals surface area (Å²) >= 11 is 0. The fourth-order valence-electron chi connectivity index (χ4n) is 1.60. The lowest BCUT2D eigenvalue weighted by Gasteiger charge is -2.17. The van der Waals surface area contributed by atoms with Crippen LogP contribution in [-0.4, -0.2) is 23.4 Å². The molecule has 6 heteroatoms. The van der Waals surface area contributed by atoms with E-state index in [4.69, 9.17) is 4.74 Å². The van der Waals surface area contributed by atoms with Gasteiger partial charge in [0, 0.05) is 6.42 Å². The molecular weight excluding hydrogens is 234 g/mol. The van der Waals surface area contributed by atoms with E-state index in [0.29, 0.717) is 23.8 Å². The number of pyridine rings is 1. The molecule has 2 amide bonds. The number of hydrogen-bond donors (Lipinski definition) is 2. The maximum atomic E-state index is 11.6. The summed E-state index contributed by atoms with van der Waals surface area (Å²) in [4.78, 5) is 26.8. The first kappa shape index (κ1) is 12.3. The second kappa shape index (κ2) is 5.03. The van der Waals surface area contributed by atoms with Crippen molar-refractivity contribution in [3.8, 4) is 5.75 Å². The summed E-state index contributed by atoms with van der Waals surface area (Å²) in [6, 6.07) is 3.32. The third-order valence-electron chi connectivity index (χ3n) is 2.34. The number of nitrogens with one attached hydrogen (secondary N) is 2. The Morgan fingerprint density at radius 3 is 3.06 bits per heavy atom. The molecule has 2 rings (SSSR count). The zero-order chi connectivity index (χ0) is 13.1. The van der Waals surface area contributed by atoms with Crippen LogP contribution in [0.2, 0.25) is 0 Å². The highest BCUT2D eigenvalue weighted by atomic mass is 16.5. The van der Waals surface area contributed by atoms with E-state index in [1.807, 2.05) is 13.8 Å². The average molecular weight is 249 g/mol. The number of nitrogens with zero attached hydrogens (tertiary/aromatic N) is 1. The van der Waals surface area contributed by atoms with E-state index in [-0.39, 0.29) is 24.3 Å². The molecule has 0 saturated heterocycles. The Morgan fingerprint density at radius 1 is 1.56 bits per heavy atom. The van der Waals surface area contributed by atoms with E-state index in [0.717, 1.165) is 0 Å². The molecule has 6 nitrogen and oxygen atoms in total. The van der Waals surface area contributed by atoms with Crippen molar-refractivity contribution in [1.29, 1.82) is 0 Å². The molecule has 0 saturated carbocycles. The summed E-state index contributed by atoms with van der Waals surface area (Å²) in [5.74, 6) is 1.20. The highest BCUT2D eigenvalue weighted by molar-refractivity contribution is 5.95. The first-order chi connectivity index (χ1) is 8.54. The molecule has 1 aliphatic rings. The lowest BCUT2D eigenvalue weighted by molar-refractivity contribution is -0.118. The molecular formula is C12H15N3O3. The molecule has 0 spiro atoms. The fraction of sp³-hybridized carbons (Fsp3) is 0.417. The Labute approximate surface area is 105 Å². The number of fused-ring (bicyclic) bond motifs is 1. The molecule has 18 heavy (non-hydrogen) atoms. The minimum Gasteiger partial charge on any atom is -0.480 e. The maximum absolute atomic E-state index is 11.6. The van der Waals surface area contributed by atoms with Crippen molar-refractivity contribution in [2.45, 2.75) is 20.3 Å². The Balaban J connectivity index is 2.09. The van der Waals surface area contributed by atoms with Gasteiger partial charge in [-0.1, -0.05) is 13.8 Å². The molecule has 0 fully saturated rings. The molecule has 96 valence electrons. The molecule has 1 aliphatic heterocycles. The van der Waals surface area contributed by atoms with Gasteiger partial charge in [0.05, 0.1) is 0 Å². The summed E-state index contributed by atoms with van der Waals surface area (Å²) in [6.45, 7) is 3.93. The smallest absolute Gasteiger partial charge is 0.263 e. The van der Waals surface area contributed by atoms with Crippen molar-refractivity contribution < 1.29 is 14.3 Å². The second-order valence-corrected chi connectivity index (χ2v) is 4.53. The number of anilines is 2. The summed E-state index contributed by atoms with van der Waals surface area (Å²) in [7, 11) is 0. The molecule has 1 aromatic heterocycles. The van der Waals surface area contributed by atoms with Gasteiger partial charge in [-0.3, -0.25) is 9.59 Å². The molecule has 2 heterocycles. The predicted molar refractivity (Wildman–Crippen MR) is 66.4 cm³/mol. The van der Waals surface area contributed by atoms with E-state index in [1.165, 1.54) is 0 Å². The van der Waals surface area contributed by atoms with Crippen molar-refractivity contribution in [3.05, 3.63) is 12.1 Å². The van der Waals surface area contributed by atoms with Gasteiger partial charge in [0.1, 0.15) is 5.82 Å².